The number of hydrogen-bond donors (Lipinski definition) is 7. The summed E-state index contributed by atoms with van der Waals surface area (Å²) in [5, 5.41) is 46.7. The molecule has 0 aliphatic carbocycles. The Labute approximate surface area is 144 Å². The highest BCUT2D eigenvalue weighted by molar-refractivity contribution is 5.73. The maximum absolute atomic E-state index is 11.3. The second-order valence-corrected chi connectivity index (χ2v) is 5.56. The van der Waals surface area contributed by atoms with Gasteiger partial charge < -0.3 is 25.5 Å². The molecule has 0 spiro atoms. The van der Waals surface area contributed by atoms with Crippen molar-refractivity contribution in [3.05, 3.63) is 47.5 Å². The summed E-state index contributed by atoms with van der Waals surface area (Å²) >= 11 is 0. The Kier molecular flexibility index (Phi) is 6.04. The summed E-state index contributed by atoms with van der Waals surface area (Å²) in [5.41, 5.74) is 6.83. The highest BCUT2D eigenvalue weighted by Gasteiger charge is 2.18. The monoisotopic (exact) mass is 348 g/mol. The Bertz CT molecular complexity index is 750. The molecule has 0 aliphatic heterocycles. The normalized spacial score (nSPS) is 12.0. The van der Waals surface area contributed by atoms with Crippen LogP contribution < -0.4 is 10.9 Å². The van der Waals surface area contributed by atoms with Crippen LogP contribution in [0.4, 0.5) is 0 Å². The smallest absolute Gasteiger partial charge is 0.322 e. The number of aromatic hydroxyl groups is 4. The number of rotatable bonds is 8. The molecule has 0 radical (unpaired) electrons. The average molecular weight is 348 g/mol. The van der Waals surface area contributed by atoms with Crippen LogP contribution >= 0.6 is 0 Å². The number of aliphatic carboxylic acids is 1. The summed E-state index contributed by atoms with van der Waals surface area (Å²) < 4.78 is 0. The van der Waals surface area contributed by atoms with Crippen LogP contribution in [0.2, 0.25) is 0 Å². The fraction of sp³-hybridized carbons (Fsp3) is 0.235. The summed E-state index contributed by atoms with van der Waals surface area (Å²) in [4.78, 5) is 11.3. The zero-order valence-corrected chi connectivity index (χ0v) is 13.3. The van der Waals surface area contributed by atoms with E-state index in [0.29, 0.717) is 18.5 Å². The van der Waals surface area contributed by atoms with Crippen molar-refractivity contribution in [2.75, 3.05) is 6.54 Å². The third-order valence-corrected chi connectivity index (χ3v) is 3.63. The van der Waals surface area contributed by atoms with E-state index < -0.39 is 12.0 Å². The predicted octanol–water partition coefficient (Wildman–Crippen LogP) is 0.842. The molecular formula is C17H20N2O6. The van der Waals surface area contributed by atoms with Gasteiger partial charge >= 0.3 is 5.97 Å². The van der Waals surface area contributed by atoms with Crippen molar-refractivity contribution >= 4 is 5.97 Å². The molecule has 2 rings (SSSR count). The van der Waals surface area contributed by atoms with Gasteiger partial charge in [0.25, 0.3) is 0 Å². The van der Waals surface area contributed by atoms with E-state index in [1.165, 1.54) is 30.3 Å². The fourth-order valence-corrected chi connectivity index (χ4v) is 2.26. The van der Waals surface area contributed by atoms with Crippen LogP contribution in [0.25, 0.3) is 0 Å². The van der Waals surface area contributed by atoms with E-state index in [4.69, 9.17) is 0 Å². The Morgan fingerprint density at radius 3 is 2.00 bits per heavy atom. The molecule has 0 aliphatic rings. The van der Waals surface area contributed by atoms with E-state index >= 15 is 0 Å². The molecule has 0 amide bonds. The van der Waals surface area contributed by atoms with Gasteiger partial charge in [-0.2, -0.15) is 0 Å². The third-order valence-electron chi connectivity index (χ3n) is 3.63. The van der Waals surface area contributed by atoms with Crippen LogP contribution in [0.1, 0.15) is 11.1 Å². The van der Waals surface area contributed by atoms with Gasteiger partial charge in [0, 0.05) is 6.54 Å². The minimum absolute atomic E-state index is 0.107. The lowest BCUT2D eigenvalue weighted by Gasteiger charge is -2.16. The maximum Gasteiger partial charge on any atom is 0.322 e. The number of carboxylic acid groups (broad SMARTS) is 1. The largest absolute Gasteiger partial charge is 0.504 e. The zero-order valence-electron chi connectivity index (χ0n) is 13.3. The first-order valence-electron chi connectivity index (χ1n) is 7.59. The number of carboxylic acids is 1. The summed E-state index contributed by atoms with van der Waals surface area (Å²) in [5.74, 6) is -2.04. The number of nitrogens with one attached hydrogen (secondary N) is 2. The SMILES string of the molecule is O=C(O)[C@H](Cc1ccc(O)c(O)c1)NNCCc1ccc(O)c(O)c1. The Morgan fingerprint density at radius 1 is 0.880 bits per heavy atom. The summed E-state index contributed by atoms with van der Waals surface area (Å²) in [6.07, 6.45) is 0.614. The molecule has 7 N–H and O–H groups in total. The second kappa shape index (κ2) is 8.22. The Balaban J connectivity index is 1.85. The zero-order chi connectivity index (χ0) is 18.4. The molecule has 2 aromatic rings. The Hall–Kier alpha value is -2.97. The van der Waals surface area contributed by atoms with Crippen molar-refractivity contribution in [1.29, 1.82) is 0 Å². The van der Waals surface area contributed by atoms with Crippen molar-refractivity contribution in [3.63, 3.8) is 0 Å². The number of benzene rings is 2. The summed E-state index contributed by atoms with van der Waals surface area (Å²) in [6, 6.07) is 7.69. The lowest BCUT2D eigenvalue weighted by Crippen LogP contribution is -2.47. The molecule has 0 fully saturated rings. The minimum Gasteiger partial charge on any atom is -0.504 e. The number of hydrazine groups is 1. The van der Waals surface area contributed by atoms with Crippen molar-refractivity contribution in [3.8, 4) is 23.0 Å². The highest BCUT2D eigenvalue weighted by atomic mass is 16.4. The first-order valence-corrected chi connectivity index (χ1v) is 7.59. The molecule has 0 unspecified atom stereocenters. The second-order valence-electron chi connectivity index (χ2n) is 5.56. The third kappa shape index (κ3) is 5.27. The molecule has 0 saturated heterocycles. The van der Waals surface area contributed by atoms with Crippen molar-refractivity contribution in [2.24, 2.45) is 0 Å². The van der Waals surface area contributed by atoms with E-state index in [0.717, 1.165) is 5.56 Å². The Morgan fingerprint density at radius 2 is 1.44 bits per heavy atom. The number of hydrogen-bond acceptors (Lipinski definition) is 7. The van der Waals surface area contributed by atoms with E-state index in [2.05, 4.69) is 10.9 Å². The van der Waals surface area contributed by atoms with E-state index in [1.54, 1.807) is 6.07 Å². The molecule has 134 valence electrons. The van der Waals surface area contributed by atoms with Gasteiger partial charge in [-0.05, 0) is 48.2 Å². The molecule has 8 nitrogen and oxygen atoms in total. The van der Waals surface area contributed by atoms with Gasteiger partial charge in [0.15, 0.2) is 23.0 Å². The van der Waals surface area contributed by atoms with Gasteiger partial charge in [-0.15, -0.1) is 0 Å². The number of carbonyl (C=O) groups is 1. The summed E-state index contributed by atoms with van der Waals surface area (Å²) in [6.45, 7) is 0.398. The van der Waals surface area contributed by atoms with Gasteiger partial charge in [0.05, 0.1) is 0 Å². The minimum atomic E-state index is -1.07. The van der Waals surface area contributed by atoms with Crippen LogP contribution in [0.5, 0.6) is 23.0 Å². The molecular weight excluding hydrogens is 328 g/mol. The van der Waals surface area contributed by atoms with Crippen LogP contribution in [0, 0.1) is 0 Å². The maximum atomic E-state index is 11.3. The molecule has 2 aromatic carbocycles. The lowest BCUT2D eigenvalue weighted by atomic mass is 10.1. The van der Waals surface area contributed by atoms with Crippen LogP contribution in [-0.4, -0.2) is 44.1 Å². The van der Waals surface area contributed by atoms with Crippen molar-refractivity contribution in [1.82, 2.24) is 10.9 Å². The lowest BCUT2D eigenvalue weighted by molar-refractivity contribution is -0.139. The average Bonchev–Trinajstić information content (AvgIpc) is 2.56. The topological polar surface area (TPSA) is 142 Å². The van der Waals surface area contributed by atoms with Gasteiger partial charge in [0.1, 0.15) is 6.04 Å². The van der Waals surface area contributed by atoms with E-state index in [-0.39, 0.29) is 29.4 Å². The van der Waals surface area contributed by atoms with Crippen molar-refractivity contribution in [2.45, 2.75) is 18.9 Å². The van der Waals surface area contributed by atoms with Crippen molar-refractivity contribution < 1.29 is 30.3 Å². The van der Waals surface area contributed by atoms with Crippen LogP contribution in [0.3, 0.4) is 0 Å². The number of phenolic OH excluding ortho intramolecular Hbond substituents is 4. The molecule has 0 saturated carbocycles. The van der Waals surface area contributed by atoms with Crippen LogP contribution in [-0.2, 0) is 17.6 Å². The van der Waals surface area contributed by atoms with E-state index in [9.17, 15) is 30.3 Å². The molecule has 0 bridgehead atoms. The van der Waals surface area contributed by atoms with Gasteiger partial charge in [-0.1, -0.05) is 12.1 Å². The van der Waals surface area contributed by atoms with Gasteiger partial charge in [-0.3, -0.25) is 10.2 Å². The fourth-order valence-electron chi connectivity index (χ4n) is 2.26. The first-order chi connectivity index (χ1) is 11.9. The quantitative estimate of drug-likeness (QED) is 0.211. The summed E-state index contributed by atoms with van der Waals surface area (Å²) in [7, 11) is 0. The number of phenols is 4. The van der Waals surface area contributed by atoms with E-state index in [1.807, 2.05) is 0 Å². The van der Waals surface area contributed by atoms with Crippen LogP contribution in [0.15, 0.2) is 36.4 Å². The van der Waals surface area contributed by atoms with Gasteiger partial charge in [0.2, 0.25) is 0 Å². The molecule has 1 atom stereocenters. The standard InChI is InChI=1S/C17H20N2O6/c20-13-3-1-10(8-15(13)22)5-6-18-19-12(17(24)25)7-11-2-4-14(21)16(23)9-11/h1-4,8-9,12,18-23H,5-7H2,(H,24,25)/t12-/m0/s1. The first kappa shape index (κ1) is 18.4. The predicted molar refractivity (Wildman–Crippen MR) is 89.5 cm³/mol. The molecule has 8 heteroatoms. The molecule has 0 aromatic heterocycles. The highest BCUT2D eigenvalue weighted by Crippen LogP contribution is 2.26. The molecule has 25 heavy (non-hydrogen) atoms. The molecule has 0 heterocycles. The van der Waals surface area contributed by atoms with Gasteiger partial charge in [-0.25, -0.2) is 5.43 Å².